The SMILES string of the molecule is CCOC(=O)COc1c2cc(C(C)(C)C)cc1CCc1cc(C(C)(C)C)cc(c1OCC(=O)OCC)CC2. The van der Waals surface area contributed by atoms with Crippen molar-refractivity contribution in [1.82, 2.24) is 0 Å². The maximum atomic E-state index is 12.1. The maximum absolute atomic E-state index is 12.1. The van der Waals surface area contributed by atoms with Crippen molar-refractivity contribution in [2.45, 2.75) is 91.9 Å². The average molecular weight is 525 g/mol. The number of hydrogen-bond acceptors (Lipinski definition) is 6. The van der Waals surface area contributed by atoms with Gasteiger partial charge in [-0.05, 0) is 83.7 Å². The summed E-state index contributed by atoms with van der Waals surface area (Å²) in [6, 6.07) is 8.83. The minimum absolute atomic E-state index is 0.0328. The molecule has 208 valence electrons. The van der Waals surface area contributed by atoms with Crippen LogP contribution in [-0.2, 0) is 55.6 Å². The second-order valence-electron chi connectivity index (χ2n) is 11.9. The summed E-state index contributed by atoms with van der Waals surface area (Å²) in [7, 11) is 0. The van der Waals surface area contributed by atoms with Crippen LogP contribution in [0, 0.1) is 0 Å². The molecule has 0 N–H and O–H groups in total. The molecular weight excluding hydrogens is 480 g/mol. The molecule has 0 unspecified atom stereocenters. The Morgan fingerprint density at radius 2 is 0.895 bits per heavy atom. The molecule has 0 saturated carbocycles. The van der Waals surface area contributed by atoms with Gasteiger partial charge in [0.1, 0.15) is 11.5 Å². The molecule has 0 aliphatic heterocycles. The largest absolute Gasteiger partial charge is 0.481 e. The Balaban J connectivity index is 2.08. The summed E-state index contributed by atoms with van der Waals surface area (Å²) in [5, 5.41) is 0. The molecule has 3 rings (SSSR count). The third-order valence-electron chi connectivity index (χ3n) is 6.82. The van der Waals surface area contributed by atoms with Crippen molar-refractivity contribution in [3.05, 3.63) is 57.6 Å². The number of benzene rings is 2. The Kier molecular flexibility index (Phi) is 9.50. The topological polar surface area (TPSA) is 71.1 Å². The summed E-state index contributed by atoms with van der Waals surface area (Å²) < 4.78 is 22.5. The molecule has 0 saturated heterocycles. The number of carbonyl (C=O) groups is 2. The molecule has 1 aliphatic rings. The molecular formula is C32H44O6. The molecule has 0 aromatic heterocycles. The van der Waals surface area contributed by atoms with Crippen LogP contribution >= 0.6 is 0 Å². The highest BCUT2D eigenvalue weighted by atomic mass is 16.6. The number of fused-ring (bicyclic) bond motifs is 4. The molecule has 0 fully saturated rings. The van der Waals surface area contributed by atoms with E-state index in [9.17, 15) is 9.59 Å². The van der Waals surface area contributed by atoms with Crippen molar-refractivity contribution >= 4 is 11.9 Å². The van der Waals surface area contributed by atoms with E-state index in [1.165, 1.54) is 11.1 Å². The summed E-state index contributed by atoms with van der Waals surface area (Å²) in [5.74, 6) is 0.819. The van der Waals surface area contributed by atoms with Gasteiger partial charge in [0.2, 0.25) is 0 Å². The number of carbonyl (C=O) groups excluding carboxylic acids is 2. The number of rotatable bonds is 8. The van der Waals surface area contributed by atoms with Gasteiger partial charge in [0.15, 0.2) is 13.2 Å². The van der Waals surface area contributed by atoms with Crippen LogP contribution in [0.5, 0.6) is 11.5 Å². The van der Waals surface area contributed by atoms with Gasteiger partial charge in [-0.3, -0.25) is 0 Å². The standard InChI is InChI=1S/C32H44O6/c1-9-35-27(33)19-37-29-21-11-13-23-17-26(32(6,7)8)18-24(30(23)38-20-28(34)36-10-2)14-12-22(29)16-25(15-21)31(3,4)5/h15-18H,9-14,19-20H2,1-8H3. The van der Waals surface area contributed by atoms with E-state index in [1.54, 1.807) is 13.8 Å². The van der Waals surface area contributed by atoms with Crippen LogP contribution in [0.25, 0.3) is 0 Å². The van der Waals surface area contributed by atoms with Crippen LogP contribution in [0.2, 0.25) is 0 Å². The monoisotopic (exact) mass is 524 g/mol. The average Bonchev–Trinajstić information content (AvgIpc) is 2.82. The fraction of sp³-hybridized carbons (Fsp3) is 0.562. The van der Waals surface area contributed by atoms with Crippen LogP contribution in [0.3, 0.4) is 0 Å². The summed E-state index contributed by atoms with van der Waals surface area (Å²) in [5.41, 5.74) is 6.68. The number of aryl methyl sites for hydroxylation is 4. The van der Waals surface area contributed by atoms with Crippen molar-refractivity contribution in [2.24, 2.45) is 0 Å². The molecule has 6 heteroatoms. The first-order valence-corrected chi connectivity index (χ1v) is 13.7. The van der Waals surface area contributed by atoms with E-state index in [1.807, 2.05) is 0 Å². The van der Waals surface area contributed by atoms with Crippen molar-refractivity contribution < 1.29 is 28.5 Å². The molecule has 0 radical (unpaired) electrons. The molecule has 6 nitrogen and oxygen atoms in total. The van der Waals surface area contributed by atoms with E-state index >= 15 is 0 Å². The smallest absolute Gasteiger partial charge is 0.344 e. The van der Waals surface area contributed by atoms with Gasteiger partial charge in [-0.1, -0.05) is 65.8 Å². The van der Waals surface area contributed by atoms with Gasteiger partial charge in [-0.15, -0.1) is 0 Å². The molecule has 0 amide bonds. The van der Waals surface area contributed by atoms with E-state index < -0.39 is 0 Å². The molecule has 0 heterocycles. The van der Waals surface area contributed by atoms with Crippen molar-refractivity contribution in [1.29, 1.82) is 0 Å². The molecule has 0 spiro atoms. The Bertz CT molecular complexity index is 1010. The zero-order valence-electron chi connectivity index (χ0n) is 24.4. The van der Waals surface area contributed by atoms with Gasteiger partial charge in [-0.25, -0.2) is 9.59 Å². The van der Waals surface area contributed by atoms with E-state index in [4.69, 9.17) is 18.9 Å². The quantitative estimate of drug-likeness (QED) is 0.392. The molecule has 0 atom stereocenters. The number of ether oxygens (including phenoxy) is 4. The zero-order valence-corrected chi connectivity index (χ0v) is 24.4. The molecule has 38 heavy (non-hydrogen) atoms. The maximum Gasteiger partial charge on any atom is 0.344 e. The Labute approximate surface area is 228 Å². The van der Waals surface area contributed by atoms with Crippen LogP contribution in [0.1, 0.15) is 88.8 Å². The van der Waals surface area contributed by atoms with Crippen molar-refractivity contribution in [2.75, 3.05) is 26.4 Å². The summed E-state index contributed by atoms with van der Waals surface area (Å²) in [6.45, 7) is 17.3. The lowest BCUT2D eigenvalue weighted by Gasteiger charge is -2.27. The van der Waals surface area contributed by atoms with Gasteiger partial charge >= 0.3 is 11.9 Å². The zero-order chi connectivity index (χ0) is 28.1. The number of hydrogen-bond donors (Lipinski definition) is 0. The second kappa shape index (κ2) is 12.2. The summed E-state index contributed by atoms with van der Waals surface area (Å²) >= 11 is 0. The summed E-state index contributed by atoms with van der Waals surface area (Å²) in [6.07, 6.45) is 2.82. The summed E-state index contributed by atoms with van der Waals surface area (Å²) in [4.78, 5) is 24.3. The Morgan fingerprint density at radius 3 is 1.13 bits per heavy atom. The molecule has 4 bridgehead atoms. The normalized spacial score (nSPS) is 13.5. The highest BCUT2D eigenvalue weighted by Crippen LogP contribution is 2.39. The predicted octanol–water partition coefficient (Wildman–Crippen LogP) is 6.05. The minimum atomic E-state index is -0.369. The molecule has 2 aromatic rings. The molecule has 2 aromatic carbocycles. The van der Waals surface area contributed by atoms with Gasteiger partial charge in [-0.2, -0.15) is 0 Å². The van der Waals surface area contributed by atoms with Crippen molar-refractivity contribution in [3.63, 3.8) is 0 Å². The van der Waals surface area contributed by atoms with Gasteiger partial charge in [0.25, 0.3) is 0 Å². The lowest BCUT2D eigenvalue weighted by Crippen LogP contribution is -2.20. The van der Waals surface area contributed by atoms with Crippen LogP contribution in [0.15, 0.2) is 24.3 Å². The highest BCUT2D eigenvalue weighted by molar-refractivity contribution is 5.72. The van der Waals surface area contributed by atoms with Gasteiger partial charge in [0.05, 0.1) is 13.2 Å². The van der Waals surface area contributed by atoms with E-state index in [-0.39, 0.29) is 36.0 Å². The lowest BCUT2D eigenvalue weighted by atomic mass is 9.80. The highest BCUT2D eigenvalue weighted by Gasteiger charge is 2.25. The van der Waals surface area contributed by atoms with Gasteiger partial charge in [0, 0.05) is 0 Å². The third-order valence-corrected chi connectivity index (χ3v) is 6.82. The first kappa shape index (κ1) is 29.5. The van der Waals surface area contributed by atoms with E-state index in [2.05, 4.69) is 65.8 Å². The molecule has 1 aliphatic carbocycles. The lowest BCUT2D eigenvalue weighted by molar-refractivity contribution is -0.146. The van der Waals surface area contributed by atoms with Crippen molar-refractivity contribution in [3.8, 4) is 11.5 Å². The predicted molar refractivity (Wildman–Crippen MR) is 149 cm³/mol. The first-order valence-electron chi connectivity index (χ1n) is 13.7. The fourth-order valence-corrected chi connectivity index (χ4v) is 4.69. The Morgan fingerprint density at radius 1 is 0.605 bits per heavy atom. The van der Waals surface area contributed by atoms with Crippen LogP contribution in [-0.4, -0.2) is 38.4 Å². The number of esters is 2. The van der Waals surface area contributed by atoms with E-state index in [0.29, 0.717) is 38.9 Å². The van der Waals surface area contributed by atoms with Crippen LogP contribution < -0.4 is 9.47 Å². The third kappa shape index (κ3) is 7.52. The fourth-order valence-electron chi connectivity index (χ4n) is 4.69. The first-order chi connectivity index (χ1) is 17.8. The van der Waals surface area contributed by atoms with E-state index in [0.717, 1.165) is 33.8 Å². The Hall–Kier alpha value is -3.02. The van der Waals surface area contributed by atoms with Crippen LogP contribution in [0.4, 0.5) is 0 Å². The second-order valence-corrected chi connectivity index (χ2v) is 11.9. The van der Waals surface area contributed by atoms with Gasteiger partial charge < -0.3 is 18.9 Å². The minimum Gasteiger partial charge on any atom is -0.481 e.